The van der Waals surface area contributed by atoms with Gasteiger partial charge in [0, 0.05) is 51.7 Å². The Hall–Kier alpha value is -3.98. The summed E-state index contributed by atoms with van der Waals surface area (Å²) in [5.41, 5.74) is 1.88. The second kappa shape index (κ2) is 6.01. The molecule has 138 valence electrons. The van der Waals surface area contributed by atoms with Crippen molar-refractivity contribution in [3.05, 3.63) is 100 Å². The minimum Gasteiger partial charge on any atom is -0.288 e. The van der Waals surface area contributed by atoms with Crippen LogP contribution in [0.2, 0.25) is 0 Å². The number of hydrogen-bond donors (Lipinski definition) is 0. The zero-order chi connectivity index (χ0) is 20.3. The zero-order valence-electron chi connectivity index (χ0n) is 14.6. The molecule has 2 aromatic carbocycles. The Labute approximate surface area is 163 Å². The van der Waals surface area contributed by atoms with E-state index in [1.807, 2.05) is 12.1 Å². The molecule has 1 heterocycles. The molecule has 1 aromatic heterocycles. The molecule has 0 amide bonds. The van der Waals surface area contributed by atoms with Crippen molar-refractivity contribution >= 4 is 16.9 Å². The molecule has 29 heavy (non-hydrogen) atoms. The number of hydrogen-bond acceptors (Lipinski definition) is 3. The van der Waals surface area contributed by atoms with E-state index in [2.05, 4.69) is 4.98 Å². The number of halogens is 3. The first-order chi connectivity index (χ1) is 14.0. The lowest BCUT2D eigenvalue weighted by Crippen LogP contribution is -2.04. The Morgan fingerprint density at radius 3 is 2.38 bits per heavy atom. The predicted octanol–water partition coefficient (Wildman–Crippen LogP) is 5.08. The number of carbonyl (C=O) groups excluding carboxylic acids is 1. The lowest BCUT2D eigenvalue weighted by Gasteiger charge is -2.08. The number of ketones is 1. The molecule has 5 rings (SSSR count). The van der Waals surface area contributed by atoms with Crippen LogP contribution in [0.3, 0.4) is 0 Å². The number of aromatic nitrogens is 1. The molecule has 0 fully saturated rings. The lowest BCUT2D eigenvalue weighted by atomic mass is 9.93. The van der Waals surface area contributed by atoms with E-state index >= 15 is 0 Å². The summed E-state index contributed by atoms with van der Waals surface area (Å²) in [7, 11) is 0. The van der Waals surface area contributed by atoms with Crippen LogP contribution >= 0.6 is 0 Å². The van der Waals surface area contributed by atoms with E-state index in [1.165, 1.54) is 0 Å². The van der Waals surface area contributed by atoms with Crippen LogP contribution in [-0.4, -0.2) is 10.8 Å². The number of Topliss-reactive ketones (excluding diaryl/α,β-unsaturated/α-hetero) is 1. The maximum Gasteiger partial charge on any atom is 0.198 e. The fraction of sp³-hybridized carbons (Fsp3) is 0. The van der Waals surface area contributed by atoms with Crippen LogP contribution in [0, 0.1) is 28.8 Å². The molecule has 0 radical (unpaired) electrons. The Bertz CT molecular complexity index is 1320. The van der Waals surface area contributed by atoms with Gasteiger partial charge in [-0.25, -0.2) is 13.2 Å². The average molecular weight is 386 g/mol. The van der Waals surface area contributed by atoms with Gasteiger partial charge in [-0.1, -0.05) is 30.3 Å². The zero-order valence-corrected chi connectivity index (χ0v) is 14.6. The molecular weight excluding hydrogens is 377 g/mol. The summed E-state index contributed by atoms with van der Waals surface area (Å²) in [4.78, 5) is 17.6. The third-order valence-electron chi connectivity index (χ3n) is 5.15. The molecule has 0 bridgehead atoms. The van der Waals surface area contributed by atoms with E-state index in [-0.39, 0.29) is 11.1 Å². The van der Waals surface area contributed by atoms with E-state index in [0.29, 0.717) is 28.5 Å². The monoisotopic (exact) mass is 386 g/mol. The molecule has 2 aliphatic rings. The van der Waals surface area contributed by atoms with Gasteiger partial charge >= 0.3 is 0 Å². The van der Waals surface area contributed by atoms with E-state index in [0.717, 1.165) is 11.6 Å². The molecule has 2 aliphatic carbocycles. The Morgan fingerprint density at radius 2 is 1.62 bits per heavy atom. The number of nitriles is 1. The van der Waals surface area contributed by atoms with Crippen molar-refractivity contribution in [3.63, 3.8) is 0 Å². The van der Waals surface area contributed by atoms with Crippen molar-refractivity contribution < 1.29 is 18.0 Å². The smallest absolute Gasteiger partial charge is 0.198 e. The second-order valence-electron chi connectivity index (χ2n) is 6.62. The lowest BCUT2D eigenvalue weighted by molar-refractivity contribution is 0.103. The van der Waals surface area contributed by atoms with Gasteiger partial charge in [0.2, 0.25) is 0 Å². The first-order valence-electron chi connectivity index (χ1n) is 8.66. The summed E-state index contributed by atoms with van der Waals surface area (Å²) in [6, 6.07) is 12.8. The van der Waals surface area contributed by atoms with Crippen molar-refractivity contribution in [2.75, 3.05) is 0 Å². The first kappa shape index (κ1) is 17.1. The second-order valence-corrected chi connectivity index (χ2v) is 6.62. The Morgan fingerprint density at radius 1 is 0.897 bits per heavy atom. The SMILES string of the molecule is N#C/C=C1/C(=C2\c3ccccc3-c3ncccc32)C(=O)c2c(F)c(F)cc(F)c21. The molecule has 3 nitrogen and oxygen atoms in total. The van der Waals surface area contributed by atoms with Crippen LogP contribution in [0.15, 0.2) is 60.3 Å². The minimum absolute atomic E-state index is 0.0378. The number of benzene rings is 2. The third-order valence-corrected chi connectivity index (χ3v) is 5.15. The minimum atomic E-state index is -1.45. The summed E-state index contributed by atoms with van der Waals surface area (Å²) in [5, 5.41) is 9.24. The molecule has 6 heteroatoms. The summed E-state index contributed by atoms with van der Waals surface area (Å²) in [5.74, 6) is -4.84. The predicted molar refractivity (Wildman–Crippen MR) is 99.9 cm³/mol. The van der Waals surface area contributed by atoms with E-state index in [4.69, 9.17) is 0 Å². The van der Waals surface area contributed by atoms with Gasteiger partial charge in [0.05, 0.1) is 17.3 Å². The van der Waals surface area contributed by atoms with Crippen LogP contribution in [0.4, 0.5) is 13.2 Å². The average Bonchev–Trinajstić information content (AvgIpc) is 3.19. The van der Waals surface area contributed by atoms with Crippen molar-refractivity contribution in [2.45, 2.75) is 0 Å². The van der Waals surface area contributed by atoms with Crippen molar-refractivity contribution in [1.29, 1.82) is 5.26 Å². The normalized spacial score (nSPS) is 17.9. The summed E-state index contributed by atoms with van der Waals surface area (Å²) in [6.07, 6.45) is 2.60. The number of nitrogens with zero attached hydrogens (tertiary/aromatic N) is 2. The van der Waals surface area contributed by atoms with E-state index in [9.17, 15) is 23.2 Å². The van der Waals surface area contributed by atoms with Crippen molar-refractivity contribution in [3.8, 4) is 17.3 Å². The molecule has 0 N–H and O–H groups in total. The summed E-state index contributed by atoms with van der Waals surface area (Å²) >= 11 is 0. The highest BCUT2D eigenvalue weighted by molar-refractivity contribution is 6.32. The molecule has 0 saturated heterocycles. The van der Waals surface area contributed by atoms with Gasteiger partial charge in [-0.2, -0.15) is 5.26 Å². The number of fused-ring (bicyclic) bond motifs is 4. The van der Waals surface area contributed by atoms with Gasteiger partial charge in [0.15, 0.2) is 17.4 Å². The van der Waals surface area contributed by atoms with Crippen LogP contribution < -0.4 is 0 Å². The third kappa shape index (κ3) is 2.18. The molecular formula is C23H9F3N2O. The Balaban J connectivity index is 1.95. The van der Waals surface area contributed by atoms with Crippen molar-refractivity contribution in [1.82, 2.24) is 4.98 Å². The van der Waals surface area contributed by atoms with Crippen LogP contribution in [0.25, 0.3) is 22.4 Å². The van der Waals surface area contributed by atoms with Gasteiger partial charge < -0.3 is 0 Å². The van der Waals surface area contributed by atoms with Crippen LogP contribution in [0.1, 0.15) is 27.0 Å². The van der Waals surface area contributed by atoms with Gasteiger partial charge in [0.1, 0.15) is 5.82 Å². The highest BCUT2D eigenvalue weighted by Crippen LogP contribution is 2.50. The van der Waals surface area contributed by atoms with Gasteiger partial charge in [-0.15, -0.1) is 0 Å². The summed E-state index contributed by atoms with van der Waals surface area (Å²) < 4.78 is 42.9. The number of rotatable bonds is 0. The molecule has 0 aliphatic heterocycles. The first-order valence-corrected chi connectivity index (χ1v) is 8.66. The molecule has 0 saturated carbocycles. The van der Waals surface area contributed by atoms with Crippen LogP contribution in [0.5, 0.6) is 0 Å². The highest BCUT2D eigenvalue weighted by atomic mass is 19.2. The van der Waals surface area contributed by atoms with Crippen molar-refractivity contribution in [2.24, 2.45) is 0 Å². The van der Waals surface area contributed by atoms with Gasteiger partial charge in [-0.05, 0) is 11.6 Å². The number of pyridine rings is 1. The molecule has 0 unspecified atom stereocenters. The maximum atomic E-state index is 14.6. The summed E-state index contributed by atoms with van der Waals surface area (Å²) in [6.45, 7) is 0. The van der Waals surface area contributed by atoms with Crippen LogP contribution in [-0.2, 0) is 0 Å². The van der Waals surface area contributed by atoms with E-state index < -0.39 is 34.4 Å². The largest absolute Gasteiger partial charge is 0.288 e. The highest BCUT2D eigenvalue weighted by Gasteiger charge is 2.41. The molecule has 3 aromatic rings. The maximum absolute atomic E-state index is 14.6. The fourth-order valence-electron chi connectivity index (χ4n) is 4.04. The topological polar surface area (TPSA) is 53.8 Å². The van der Waals surface area contributed by atoms with Gasteiger partial charge in [0.25, 0.3) is 0 Å². The number of carbonyl (C=O) groups is 1. The standard InChI is InChI=1S/C23H9F3N2O/c24-15-10-16(25)21(26)20-18(15)13(7-8-27)19(23(20)29)17-11-4-1-2-5-12(11)22-14(17)6-3-9-28-22/h1-7,9-10H/b13-7+,19-17-. The molecule has 0 spiro atoms. The van der Waals surface area contributed by atoms with Gasteiger partial charge in [-0.3, -0.25) is 9.78 Å². The quantitative estimate of drug-likeness (QED) is 0.240. The fourth-order valence-corrected chi connectivity index (χ4v) is 4.04. The Kier molecular flexibility index (Phi) is 3.55. The molecule has 0 atom stereocenters. The van der Waals surface area contributed by atoms with E-state index in [1.54, 1.807) is 36.5 Å². The number of allylic oxidation sites excluding steroid dienone is 3.